The second-order valence-corrected chi connectivity index (χ2v) is 10.7. The SMILES string of the molecule is Cc1nc2c(-c3ccc4ccccc4c3-c3cccc(-c4nc(-c5ccccc5)nc(-c5ccccc5)n4)c3)cccc2o1. The Morgan fingerprint density at radius 3 is 1.77 bits per heavy atom. The van der Waals surface area contributed by atoms with Gasteiger partial charge in [-0.3, -0.25) is 0 Å². The number of aromatic nitrogens is 4. The van der Waals surface area contributed by atoms with Crippen LogP contribution in [0.3, 0.4) is 0 Å². The van der Waals surface area contributed by atoms with Crippen molar-refractivity contribution in [1.82, 2.24) is 19.9 Å². The Balaban J connectivity index is 1.35. The summed E-state index contributed by atoms with van der Waals surface area (Å²) in [5.41, 5.74) is 8.74. The molecule has 0 amide bonds. The van der Waals surface area contributed by atoms with Crippen LogP contribution < -0.4 is 0 Å². The van der Waals surface area contributed by atoms with E-state index >= 15 is 0 Å². The zero-order valence-electron chi connectivity index (χ0n) is 24.0. The van der Waals surface area contributed by atoms with Crippen LogP contribution in [0.15, 0.2) is 144 Å². The summed E-state index contributed by atoms with van der Waals surface area (Å²) in [6.07, 6.45) is 0. The number of oxazole rings is 1. The van der Waals surface area contributed by atoms with Gasteiger partial charge in [0.05, 0.1) is 0 Å². The molecule has 5 heteroatoms. The van der Waals surface area contributed by atoms with Crippen molar-refractivity contribution in [2.24, 2.45) is 0 Å². The van der Waals surface area contributed by atoms with Crippen LogP contribution in [-0.2, 0) is 0 Å². The van der Waals surface area contributed by atoms with Crippen LogP contribution in [-0.4, -0.2) is 19.9 Å². The molecule has 6 aromatic carbocycles. The molecule has 0 aliphatic carbocycles. The van der Waals surface area contributed by atoms with Gasteiger partial charge in [-0.15, -0.1) is 0 Å². The van der Waals surface area contributed by atoms with E-state index in [9.17, 15) is 0 Å². The molecule has 0 unspecified atom stereocenters. The molecule has 44 heavy (non-hydrogen) atoms. The van der Waals surface area contributed by atoms with Crippen LogP contribution in [0.1, 0.15) is 5.89 Å². The minimum atomic E-state index is 0.621. The van der Waals surface area contributed by atoms with E-state index < -0.39 is 0 Å². The molecule has 0 aliphatic rings. The summed E-state index contributed by atoms with van der Waals surface area (Å²) >= 11 is 0. The van der Waals surface area contributed by atoms with Crippen molar-refractivity contribution in [3.05, 3.63) is 145 Å². The third-order valence-electron chi connectivity index (χ3n) is 7.85. The van der Waals surface area contributed by atoms with Crippen molar-refractivity contribution >= 4 is 21.9 Å². The van der Waals surface area contributed by atoms with Gasteiger partial charge in [-0.05, 0) is 39.6 Å². The van der Waals surface area contributed by atoms with Crippen molar-refractivity contribution in [2.45, 2.75) is 6.92 Å². The molecule has 0 saturated heterocycles. The number of hydrogen-bond donors (Lipinski definition) is 0. The van der Waals surface area contributed by atoms with Gasteiger partial charge in [0.1, 0.15) is 5.52 Å². The minimum absolute atomic E-state index is 0.621. The quantitative estimate of drug-likeness (QED) is 0.207. The van der Waals surface area contributed by atoms with E-state index in [0.717, 1.165) is 60.8 Å². The Bertz CT molecular complexity index is 2230. The van der Waals surface area contributed by atoms with E-state index in [2.05, 4.69) is 66.7 Å². The highest BCUT2D eigenvalue weighted by molar-refractivity contribution is 6.07. The molecule has 0 N–H and O–H groups in total. The van der Waals surface area contributed by atoms with Crippen LogP contribution in [0.25, 0.3) is 78.3 Å². The predicted molar refractivity (Wildman–Crippen MR) is 177 cm³/mol. The average molecular weight is 567 g/mol. The number of benzene rings is 6. The topological polar surface area (TPSA) is 64.7 Å². The Morgan fingerprint density at radius 1 is 0.455 bits per heavy atom. The lowest BCUT2D eigenvalue weighted by molar-refractivity contribution is 0.561. The zero-order chi connectivity index (χ0) is 29.5. The van der Waals surface area contributed by atoms with Gasteiger partial charge in [0.2, 0.25) is 0 Å². The summed E-state index contributed by atoms with van der Waals surface area (Å²) < 4.78 is 5.90. The van der Waals surface area contributed by atoms with Gasteiger partial charge in [0.15, 0.2) is 28.9 Å². The maximum absolute atomic E-state index is 5.90. The summed E-state index contributed by atoms with van der Waals surface area (Å²) in [6, 6.07) is 47.5. The average Bonchev–Trinajstić information content (AvgIpc) is 3.49. The third-order valence-corrected chi connectivity index (χ3v) is 7.85. The highest BCUT2D eigenvalue weighted by Crippen LogP contribution is 2.41. The summed E-state index contributed by atoms with van der Waals surface area (Å²) in [5, 5.41) is 2.32. The summed E-state index contributed by atoms with van der Waals surface area (Å²) in [6.45, 7) is 1.89. The predicted octanol–water partition coefficient (Wildman–Crippen LogP) is 9.81. The molecule has 0 fully saturated rings. The van der Waals surface area contributed by atoms with Crippen LogP contribution in [0.2, 0.25) is 0 Å². The molecule has 8 aromatic rings. The summed E-state index contributed by atoms with van der Waals surface area (Å²) in [7, 11) is 0. The molecular weight excluding hydrogens is 540 g/mol. The first kappa shape index (κ1) is 25.7. The van der Waals surface area contributed by atoms with Gasteiger partial charge >= 0.3 is 0 Å². The fraction of sp³-hybridized carbons (Fsp3) is 0.0256. The van der Waals surface area contributed by atoms with Gasteiger partial charge in [-0.25, -0.2) is 19.9 Å². The number of nitrogens with zero attached hydrogens (tertiary/aromatic N) is 4. The molecule has 0 saturated carbocycles. The molecule has 208 valence electrons. The molecule has 0 radical (unpaired) electrons. The van der Waals surface area contributed by atoms with E-state index in [-0.39, 0.29) is 0 Å². The third kappa shape index (κ3) is 4.61. The van der Waals surface area contributed by atoms with Crippen molar-refractivity contribution in [3.8, 4) is 56.4 Å². The van der Waals surface area contributed by atoms with Crippen LogP contribution >= 0.6 is 0 Å². The summed E-state index contributed by atoms with van der Waals surface area (Å²) in [5.74, 6) is 2.54. The van der Waals surface area contributed by atoms with Gasteiger partial charge in [0, 0.05) is 29.2 Å². The Hall–Kier alpha value is -5.94. The van der Waals surface area contributed by atoms with Crippen LogP contribution in [0.4, 0.5) is 0 Å². The first-order chi connectivity index (χ1) is 21.7. The Labute approximate surface area is 254 Å². The molecule has 0 spiro atoms. The van der Waals surface area contributed by atoms with Gasteiger partial charge in [-0.1, -0.05) is 127 Å². The summed E-state index contributed by atoms with van der Waals surface area (Å²) in [4.78, 5) is 19.6. The Morgan fingerprint density at radius 2 is 1.05 bits per heavy atom. The first-order valence-corrected chi connectivity index (χ1v) is 14.6. The number of hydrogen-bond acceptors (Lipinski definition) is 5. The highest BCUT2D eigenvalue weighted by Gasteiger charge is 2.18. The van der Waals surface area contributed by atoms with E-state index in [1.165, 1.54) is 0 Å². The van der Waals surface area contributed by atoms with Gasteiger partial charge in [-0.2, -0.15) is 0 Å². The maximum Gasteiger partial charge on any atom is 0.192 e. The second kappa shape index (κ2) is 10.7. The molecule has 0 aliphatic heterocycles. The minimum Gasteiger partial charge on any atom is -0.441 e. The van der Waals surface area contributed by atoms with Crippen LogP contribution in [0.5, 0.6) is 0 Å². The Kier molecular flexibility index (Phi) is 6.27. The molecule has 2 aromatic heterocycles. The number of para-hydroxylation sites is 1. The molecule has 8 rings (SSSR count). The van der Waals surface area contributed by atoms with Crippen molar-refractivity contribution in [2.75, 3.05) is 0 Å². The van der Waals surface area contributed by atoms with E-state index in [1.807, 2.05) is 79.7 Å². The molecule has 5 nitrogen and oxygen atoms in total. The molecule has 0 atom stereocenters. The van der Waals surface area contributed by atoms with E-state index in [1.54, 1.807) is 0 Å². The lowest BCUT2D eigenvalue weighted by atomic mass is 9.88. The fourth-order valence-corrected chi connectivity index (χ4v) is 5.84. The van der Waals surface area contributed by atoms with E-state index in [4.69, 9.17) is 24.4 Å². The lowest BCUT2D eigenvalue weighted by Crippen LogP contribution is -2.00. The second-order valence-electron chi connectivity index (χ2n) is 10.7. The zero-order valence-corrected chi connectivity index (χ0v) is 24.0. The van der Waals surface area contributed by atoms with Crippen molar-refractivity contribution in [1.29, 1.82) is 0 Å². The van der Waals surface area contributed by atoms with Gasteiger partial charge < -0.3 is 4.42 Å². The number of fused-ring (bicyclic) bond motifs is 2. The lowest BCUT2D eigenvalue weighted by Gasteiger charge is -2.15. The highest BCUT2D eigenvalue weighted by atomic mass is 16.3. The first-order valence-electron chi connectivity index (χ1n) is 14.6. The van der Waals surface area contributed by atoms with Crippen molar-refractivity contribution < 1.29 is 4.42 Å². The fourth-order valence-electron chi connectivity index (χ4n) is 5.84. The smallest absolute Gasteiger partial charge is 0.192 e. The van der Waals surface area contributed by atoms with Gasteiger partial charge in [0.25, 0.3) is 0 Å². The van der Waals surface area contributed by atoms with Crippen LogP contribution in [0, 0.1) is 6.92 Å². The van der Waals surface area contributed by atoms with E-state index in [0.29, 0.717) is 23.4 Å². The largest absolute Gasteiger partial charge is 0.441 e. The van der Waals surface area contributed by atoms with Crippen molar-refractivity contribution in [3.63, 3.8) is 0 Å². The molecular formula is C39H26N4O. The monoisotopic (exact) mass is 566 g/mol. The number of aryl methyl sites for hydroxylation is 1. The number of rotatable bonds is 5. The standard InChI is InChI=1S/C39H26N4O/c1-25-40-36-33(20-11-21-34(36)44-25)32-23-22-26-12-8-9-19-31(26)35(32)29-17-10-18-30(24-29)39-42-37(27-13-4-2-5-14-27)41-38(43-39)28-15-6-3-7-16-28/h2-24H,1H3. The molecule has 0 bridgehead atoms. The normalized spacial score (nSPS) is 11.3. The maximum atomic E-state index is 5.90. The molecule has 2 heterocycles.